The molecule has 3 aromatic rings. The Morgan fingerprint density at radius 3 is 2.35 bits per heavy atom. The van der Waals surface area contributed by atoms with E-state index in [1.807, 2.05) is 30.3 Å². The minimum atomic E-state index is -4.43. The quantitative estimate of drug-likeness (QED) is 0.502. The highest BCUT2D eigenvalue weighted by Crippen LogP contribution is 2.38. The summed E-state index contributed by atoms with van der Waals surface area (Å²) in [7, 11) is 0. The molecule has 0 aliphatic carbocycles. The second-order valence-electron chi connectivity index (χ2n) is 5.81. The normalized spacial score (nSPS) is 11.2. The Kier molecular flexibility index (Phi) is 5.12. The topological polar surface area (TPSA) is 9.23 Å². The monoisotopic (exact) mass is 354 g/mol. The number of hydrogen-bond donors (Lipinski definition) is 0. The largest absolute Gasteiger partial charge is 0.489 e. The van der Waals surface area contributed by atoms with E-state index in [1.54, 1.807) is 24.3 Å². The van der Waals surface area contributed by atoms with Gasteiger partial charge in [-0.25, -0.2) is 0 Å². The van der Waals surface area contributed by atoms with E-state index in [0.29, 0.717) is 23.5 Å². The Balaban J connectivity index is 1.93. The number of rotatable bonds is 5. The summed E-state index contributed by atoms with van der Waals surface area (Å²) in [6.07, 6.45) is -2.91. The van der Waals surface area contributed by atoms with Gasteiger partial charge in [0.1, 0.15) is 12.4 Å². The van der Waals surface area contributed by atoms with Crippen LogP contribution in [0.2, 0.25) is 0 Å². The molecule has 1 nitrogen and oxygen atoms in total. The van der Waals surface area contributed by atoms with Gasteiger partial charge in [-0.05, 0) is 46.5 Å². The van der Waals surface area contributed by atoms with E-state index in [1.165, 1.54) is 18.2 Å². The molecule has 0 bridgehead atoms. The molecule has 0 amide bonds. The fourth-order valence-electron chi connectivity index (χ4n) is 2.67. The molecule has 132 valence electrons. The summed E-state index contributed by atoms with van der Waals surface area (Å²) >= 11 is 0. The van der Waals surface area contributed by atoms with Crippen LogP contribution in [0.5, 0.6) is 5.75 Å². The van der Waals surface area contributed by atoms with Gasteiger partial charge in [0.05, 0.1) is 5.56 Å². The van der Waals surface area contributed by atoms with Crippen molar-refractivity contribution in [2.45, 2.75) is 12.8 Å². The van der Waals surface area contributed by atoms with Gasteiger partial charge in [-0.3, -0.25) is 0 Å². The standard InChI is InChI=1S/C22H17F3O/c1-2-16-11-12-21(22(23,24)25)20(13-16)18-9-6-10-19(14-18)26-15-17-7-4-3-5-8-17/h2-14H,1,15H2. The van der Waals surface area contributed by atoms with Crippen LogP contribution in [0, 0.1) is 0 Å². The number of hydrogen-bond acceptors (Lipinski definition) is 1. The first-order valence-electron chi connectivity index (χ1n) is 8.08. The van der Waals surface area contributed by atoms with Gasteiger partial charge in [0, 0.05) is 0 Å². The van der Waals surface area contributed by atoms with Crippen LogP contribution >= 0.6 is 0 Å². The Morgan fingerprint density at radius 1 is 0.885 bits per heavy atom. The lowest BCUT2D eigenvalue weighted by Crippen LogP contribution is -2.07. The molecule has 0 heterocycles. The summed E-state index contributed by atoms with van der Waals surface area (Å²) < 4.78 is 45.9. The van der Waals surface area contributed by atoms with Crippen molar-refractivity contribution in [1.29, 1.82) is 0 Å². The molecule has 3 aromatic carbocycles. The number of halogens is 3. The predicted octanol–water partition coefficient (Wildman–Crippen LogP) is 6.59. The SMILES string of the molecule is C=Cc1ccc(C(F)(F)F)c(-c2cccc(OCc3ccccc3)c2)c1. The summed E-state index contributed by atoms with van der Waals surface area (Å²) in [5.74, 6) is 0.517. The zero-order valence-corrected chi connectivity index (χ0v) is 14.0. The lowest BCUT2D eigenvalue weighted by molar-refractivity contribution is -0.137. The second-order valence-corrected chi connectivity index (χ2v) is 5.81. The third-order valence-corrected chi connectivity index (χ3v) is 3.98. The summed E-state index contributed by atoms with van der Waals surface area (Å²) in [4.78, 5) is 0. The van der Waals surface area contributed by atoms with Crippen molar-refractivity contribution in [2.24, 2.45) is 0 Å². The van der Waals surface area contributed by atoms with Gasteiger partial charge in [0.25, 0.3) is 0 Å². The molecule has 0 unspecified atom stereocenters. The van der Waals surface area contributed by atoms with Gasteiger partial charge < -0.3 is 4.74 Å². The summed E-state index contributed by atoms with van der Waals surface area (Å²) in [5, 5.41) is 0. The van der Waals surface area contributed by atoms with Crippen molar-refractivity contribution in [1.82, 2.24) is 0 Å². The molecular weight excluding hydrogens is 337 g/mol. The van der Waals surface area contributed by atoms with Crippen molar-refractivity contribution in [3.8, 4) is 16.9 Å². The van der Waals surface area contributed by atoms with E-state index >= 15 is 0 Å². The maximum absolute atomic E-state index is 13.4. The molecule has 26 heavy (non-hydrogen) atoms. The Hall–Kier alpha value is -3.01. The van der Waals surface area contributed by atoms with Gasteiger partial charge >= 0.3 is 6.18 Å². The van der Waals surface area contributed by atoms with Crippen LogP contribution < -0.4 is 4.74 Å². The molecule has 0 saturated heterocycles. The van der Waals surface area contributed by atoms with E-state index in [-0.39, 0.29) is 5.56 Å². The van der Waals surface area contributed by atoms with Gasteiger partial charge in [0.15, 0.2) is 0 Å². The number of ether oxygens (including phenoxy) is 1. The summed E-state index contributed by atoms with van der Waals surface area (Å²) in [5.41, 5.74) is 1.50. The van der Waals surface area contributed by atoms with E-state index in [0.717, 1.165) is 11.6 Å². The molecule has 0 fully saturated rings. The Labute approximate surface area is 150 Å². The second kappa shape index (κ2) is 7.48. The lowest BCUT2D eigenvalue weighted by Gasteiger charge is -2.15. The van der Waals surface area contributed by atoms with Crippen molar-refractivity contribution in [3.05, 3.63) is 96.1 Å². The van der Waals surface area contributed by atoms with Gasteiger partial charge in [-0.15, -0.1) is 0 Å². The van der Waals surface area contributed by atoms with Crippen LogP contribution in [-0.4, -0.2) is 0 Å². The highest BCUT2D eigenvalue weighted by molar-refractivity contribution is 5.72. The van der Waals surface area contributed by atoms with Gasteiger partial charge in [-0.2, -0.15) is 13.2 Å². The molecule has 4 heteroatoms. The minimum Gasteiger partial charge on any atom is -0.489 e. The average Bonchev–Trinajstić information content (AvgIpc) is 2.66. The first-order chi connectivity index (χ1) is 12.5. The van der Waals surface area contributed by atoms with Crippen LogP contribution in [0.15, 0.2) is 79.4 Å². The molecule has 0 aliphatic rings. The molecule has 0 aliphatic heterocycles. The molecule has 0 radical (unpaired) electrons. The van der Waals surface area contributed by atoms with E-state index in [2.05, 4.69) is 6.58 Å². The zero-order valence-electron chi connectivity index (χ0n) is 14.0. The molecule has 0 aromatic heterocycles. The smallest absolute Gasteiger partial charge is 0.417 e. The Bertz CT molecular complexity index is 899. The maximum atomic E-state index is 13.4. The Morgan fingerprint density at radius 2 is 1.65 bits per heavy atom. The van der Waals surface area contributed by atoms with Gasteiger partial charge in [-0.1, -0.05) is 61.2 Å². The van der Waals surface area contributed by atoms with Crippen LogP contribution in [0.3, 0.4) is 0 Å². The van der Waals surface area contributed by atoms with Crippen molar-refractivity contribution < 1.29 is 17.9 Å². The highest BCUT2D eigenvalue weighted by atomic mass is 19.4. The molecule has 0 atom stereocenters. The third-order valence-electron chi connectivity index (χ3n) is 3.98. The van der Waals surface area contributed by atoms with Crippen molar-refractivity contribution in [2.75, 3.05) is 0 Å². The van der Waals surface area contributed by atoms with E-state index in [9.17, 15) is 13.2 Å². The van der Waals surface area contributed by atoms with Gasteiger partial charge in [0.2, 0.25) is 0 Å². The average molecular weight is 354 g/mol. The third kappa shape index (κ3) is 4.14. The lowest BCUT2D eigenvalue weighted by atomic mass is 9.96. The number of alkyl halides is 3. The molecular formula is C22H17F3O. The summed E-state index contributed by atoms with van der Waals surface area (Å²) in [6, 6.07) is 20.3. The van der Waals surface area contributed by atoms with E-state index in [4.69, 9.17) is 4.74 Å². The van der Waals surface area contributed by atoms with E-state index < -0.39 is 11.7 Å². The summed E-state index contributed by atoms with van der Waals surface area (Å²) in [6.45, 7) is 3.98. The fraction of sp³-hybridized carbons (Fsp3) is 0.0909. The fourth-order valence-corrected chi connectivity index (χ4v) is 2.67. The van der Waals surface area contributed by atoms with Crippen molar-refractivity contribution >= 4 is 6.08 Å². The zero-order chi connectivity index (χ0) is 18.6. The van der Waals surface area contributed by atoms with Crippen molar-refractivity contribution in [3.63, 3.8) is 0 Å². The van der Waals surface area contributed by atoms with Crippen LogP contribution in [0.1, 0.15) is 16.7 Å². The molecule has 0 saturated carbocycles. The molecule has 3 rings (SSSR count). The van der Waals surface area contributed by atoms with Crippen LogP contribution in [0.4, 0.5) is 13.2 Å². The first-order valence-corrected chi connectivity index (χ1v) is 8.08. The maximum Gasteiger partial charge on any atom is 0.417 e. The minimum absolute atomic E-state index is 0.111. The molecule has 0 spiro atoms. The highest BCUT2D eigenvalue weighted by Gasteiger charge is 2.33. The first kappa shape index (κ1) is 17.8. The van der Waals surface area contributed by atoms with Crippen LogP contribution in [-0.2, 0) is 12.8 Å². The van der Waals surface area contributed by atoms with Crippen LogP contribution in [0.25, 0.3) is 17.2 Å². The predicted molar refractivity (Wildman–Crippen MR) is 97.7 cm³/mol. The number of benzene rings is 3. The molecule has 0 N–H and O–H groups in total.